The van der Waals surface area contributed by atoms with Gasteiger partial charge >= 0.3 is 6.18 Å². The average Bonchev–Trinajstić information content (AvgIpc) is 3.41. The molecule has 2 aromatic heterocycles. The van der Waals surface area contributed by atoms with Crippen LogP contribution in [-0.4, -0.2) is 61.9 Å². The summed E-state index contributed by atoms with van der Waals surface area (Å²) in [5.41, 5.74) is 0.597. The molecule has 1 aromatic carbocycles. The third-order valence-electron chi connectivity index (χ3n) is 5.76. The smallest absolute Gasteiger partial charge is 0.340 e. The zero-order chi connectivity index (χ0) is 20.9. The molecule has 2 unspecified atom stereocenters. The molecule has 0 radical (unpaired) electrons. The standard InChI is InChI=1S/C19H18F3N7O/c20-19(21,22)16-5-6-23-18(24-16)28-9-12-7-27(8-13(12)10-28)17(30)11-29-15-4-2-1-3-14(15)25-26-29/h1-6,12-13H,7-11H2. The minimum Gasteiger partial charge on any atom is -0.340 e. The maximum atomic E-state index is 12.9. The Hall–Kier alpha value is -3.24. The second-order valence-electron chi connectivity index (χ2n) is 7.70. The van der Waals surface area contributed by atoms with E-state index in [9.17, 15) is 18.0 Å². The molecule has 2 fully saturated rings. The number of benzene rings is 1. The van der Waals surface area contributed by atoms with Crippen LogP contribution in [0.1, 0.15) is 5.69 Å². The average molecular weight is 417 g/mol. The van der Waals surface area contributed by atoms with Crippen molar-refractivity contribution in [2.45, 2.75) is 12.7 Å². The topological polar surface area (TPSA) is 80.0 Å². The molecule has 2 saturated heterocycles. The fourth-order valence-electron chi connectivity index (χ4n) is 4.28. The van der Waals surface area contributed by atoms with E-state index in [0.717, 1.165) is 23.3 Å². The fraction of sp³-hybridized carbons (Fsp3) is 0.421. The number of fused-ring (bicyclic) bond motifs is 2. The van der Waals surface area contributed by atoms with Gasteiger partial charge in [0.2, 0.25) is 11.9 Å². The maximum Gasteiger partial charge on any atom is 0.433 e. The summed E-state index contributed by atoms with van der Waals surface area (Å²) in [6.07, 6.45) is -3.36. The Labute approximate surface area is 169 Å². The molecule has 1 amide bonds. The number of carbonyl (C=O) groups is 1. The largest absolute Gasteiger partial charge is 0.433 e. The van der Waals surface area contributed by atoms with Crippen molar-refractivity contribution in [1.29, 1.82) is 0 Å². The summed E-state index contributed by atoms with van der Waals surface area (Å²) in [7, 11) is 0. The number of para-hydroxylation sites is 1. The van der Waals surface area contributed by atoms with E-state index in [0.29, 0.717) is 26.2 Å². The third kappa shape index (κ3) is 3.33. The molecule has 2 aliphatic heterocycles. The van der Waals surface area contributed by atoms with Crippen molar-refractivity contribution in [1.82, 2.24) is 29.9 Å². The SMILES string of the molecule is O=C(Cn1nnc2ccccc21)N1CC2CN(c3nccc(C(F)(F)F)n3)CC2C1. The summed E-state index contributed by atoms with van der Waals surface area (Å²) < 4.78 is 40.3. The molecule has 30 heavy (non-hydrogen) atoms. The molecular weight excluding hydrogens is 399 g/mol. The lowest BCUT2D eigenvalue weighted by atomic mass is 10.0. The molecule has 0 aliphatic carbocycles. The number of likely N-dealkylation sites (tertiary alicyclic amines) is 1. The molecule has 0 saturated carbocycles. The number of halogens is 3. The first kappa shape index (κ1) is 18.8. The highest BCUT2D eigenvalue weighted by Gasteiger charge is 2.43. The lowest BCUT2D eigenvalue weighted by Gasteiger charge is -2.22. The van der Waals surface area contributed by atoms with Crippen LogP contribution in [0.3, 0.4) is 0 Å². The van der Waals surface area contributed by atoms with Crippen molar-refractivity contribution in [3.63, 3.8) is 0 Å². The second-order valence-corrected chi connectivity index (χ2v) is 7.70. The molecule has 4 heterocycles. The van der Waals surface area contributed by atoms with Crippen LogP contribution in [0.15, 0.2) is 36.5 Å². The predicted molar refractivity (Wildman–Crippen MR) is 100 cm³/mol. The third-order valence-corrected chi connectivity index (χ3v) is 5.76. The number of rotatable bonds is 3. The number of alkyl halides is 3. The fourth-order valence-corrected chi connectivity index (χ4v) is 4.28. The number of carbonyl (C=O) groups excluding carboxylic acids is 1. The van der Waals surface area contributed by atoms with Crippen LogP contribution >= 0.6 is 0 Å². The Morgan fingerprint density at radius 3 is 2.53 bits per heavy atom. The van der Waals surface area contributed by atoms with Gasteiger partial charge in [0.25, 0.3) is 0 Å². The van der Waals surface area contributed by atoms with Gasteiger partial charge in [-0.25, -0.2) is 14.6 Å². The summed E-state index contributed by atoms with van der Waals surface area (Å²) in [6.45, 7) is 2.29. The van der Waals surface area contributed by atoms with Gasteiger partial charge in [0.05, 0.1) is 5.52 Å². The van der Waals surface area contributed by atoms with Crippen LogP contribution < -0.4 is 4.90 Å². The number of anilines is 1. The molecular formula is C19H18F3N7O. The van der Waals surface area contributed by atoms with Gasteiger partial charge in [0, 0.05) is 44.2 Å². The van der Waals surface area contributed by atoms with Crippen LogP contribution in [0.5, 0.6) is 0 Å². The van der Waals surface area contributed by atoms with Gasteiger partial charge in [0.15, 0.2) is 0 Å². The first-order chi connectivity index (χ1) is 14.4. The first-order valence-electron chi connectivity index (χ1n) is 9.59. The van der Waals surface area contributed by atoms with E-state index in [1.165, 1.54) is 0 Å². The number of aromatic nitrogens is 5. The molecule has 0 spiro atoms. The van der Waals surface area contributed by atoms with Gasteiger partial charge in [-0.05, 0) is 18.2 Å². The Morgan fingerprint density at radius 1 is 1.07 bits per heavy atom. The van der Waals surface area contributed by atoms with E-state index in [-0.39, 0.29) is 30.2 Å². The quantitative estimate of drug-likeness (QED) is 0.647. The Balaban J connectivity index is 1.23. The van der Waals surface area contributed by atoms with E-state index in [4.69, 9.17) is 0 Å². The normalized spacial score (nSPS) is 21.4. The first-order valence-corrected chi connectivity index (χ1v) is 9.59. The Kier molecular flexibility index (Phi) is 4.33. The molecule has 11 heteroatoms. The zero-order valence-corrected chi connectivity index (χ0v) is 15.8. The highest BCUT2D eigenvalue weighted by molar-refractivity contribution is 5.80. The summed E-state index contributed by atoms with van der Waals surface area (Å²) >= 11 is 0. The molecule has 2 aliphatic rings. The van der Waals surface area contributed by atoms with E-state index in [1.807, 2.05) is 24.3 Å². The zero-order valence-electron chi connectivity index (χ0n) is 15.8. The Bertz CT molecular complexity index is 1080. The lowest BCUT2D eigenvalue weighted by Crippen LogP contribution is -2.36. The number of amides is 1. The molecule has 0 bridgehead atoms. The molecule has 0 N–H and O–H groups in total. The molecule has 8 nitrogen and oxygen atoms in total. The van der Waals surface area contributed by atoms with Crippen LogP contribution in [-0.2, 0) is 17.5 Å². The minimum absolute atomic E-state index is 0.0399. The number of hydrogen-bond donors (Lipinski definition) is 0. The summed E-state index contributed by atoms with van der Waals surface area (Å²) in [6, 6.07) is 8.32. The van der Waals surface area contributed by atoms with Crippen molar-refractivity contribution in [3.8, 4) is 0 Å². The predicted octanol–water partition coefficient (Wildman–Crippen LogP) is 1.83. The molecule has 156 valence electrons. The highest BCUT2D eigenvalue weighted by Crippen LogP contribution is 2.34. The van der Waals surface area contributed by atoms with Crippen LogP contribution in [0, 0.1) is 11.8 Å². The molecule has 5 rings (SSSR count). The second kappa shape index (κ2) is 6.92. The summed E-state index contributed by atoms with van der Waals surface area (Å²) in [5.74, 6) is 0.410. The van der Waals surface area contributed by atoms with E-state index in [2.05, 4.69) is 20.3 Å². The highest BCUT2D eigenvalue weighted by atomic mass is 19.4. The van der Waals surface area contributed by atoms with Gasteiger partial charge in [-0.1, -0.05) is 17.3 Å². The van der Waals surface area contributed by atoms with Gasteiger partial charge in [-0.2, -0.15) is 13.2 Å². The maximum absolute atomic E-state index is 12.9. The van der Waals surface area contributed by atoms with Crippen molar-refractivity contribution in [3.05, 3.63) is 42.2 Å². The van der Waals surface area contributed by atoms with E-state index in [1.54, 1.807) is 14.5 Å². The van der Waals surface area contributed by atoms with E-state index >= 15 is 0 Å². The van der Waals surface area contributed by atoms with Crippen molar-refractivity contribution >= 4 is 22.9 Å². The van der Waals surface area contributed by atoms with Crippen LogP contribution in [0.4, 0.5) is 19.1 Å². The molecule has 3 aromatic rings. The van der Waals surface area contributed by atoms with Gasteiger partial charge in [-0.3, -0.25) is 4.79 Å². The minimum atomic E-state index is -4.50. The van der Waals surface area contributed by atoms with Crippen molar-refractivity contribution in [2.24, 2.45) is 11.8 Å². The monoisotopic (exact) mass is 417 g/mol. The van der Waals surface area contributed by atoms with E-state index < -0.39 is 11.9 Å². The van der Waals surface area contributed by atoms with Crippen LogP contribution in [0.2, 0.25) is 0 Å². The lowest BCUT2D eigenvalue weighted by molar-refractivity contribution is -0.141. The molecule has 2 atom stereocenters. The van der Waals surface area contributed by atoms with Gasteiger partial charge in [0.1, 0.15) is 17.8 Å². The Morgan fingerprint density at radius 2 is 1.80 bits per heavy atom. The van der Waals surface area contributed by atoms with Crippen molar-refractivity contribution < 1.29 is 18.0 Å². The number of nitrogens with zero attached hydrogens (tertiary/aromatic N) is 7. The summed E-state index contributed by atoms with van der Waals surface area (Å²) in [4.78, 5) is 24.0. The van der Waals surface area contributed by atoms with Crippen molar-refractivity contribution in [2.75, 3.05) is 31.1 Å². The van der Waals surface area contributed by atoms with Gasteiger partial charge in [-0.15, -0.1) is 5.10 Å². The van der Waals surface area contributed by atoms with Gasteiger partial charge < -0.3 is 9.80 Å². The summed E-state index contributed by atoms with van der Waals surface area (Å²) in [5, 5.41) is 8.13. The number of hydrogen-bond acceptors (Lipinski definition) is 6. The van der Waals surface area contributed by atoms with Crippen LogP contribution in [0.25, 0.3) is 11.0 Å².